The standard InChI is InChI=1S/C26H27N3O8/c1-4-34-19-9-7-18(8-10-19)28-24(30)25(31)29-27-15-17-6-12-21(23(14-17)35-5-2)36-16-20-11-13-22(37-20)26(32)33-3/h6-15H,4-5,16H2,1-3H3,(H,28,30)(H,29,31). The van der Waals surface area contributed by atoms with Crippen LogP contribution in [-0.2, 0) is 20.9 Å². The summed E-state index contributed by atoms with van der Waals surface area (Å²) in [5, 5.41) is 6.32. The first-order valence-corrected chi connectivity index (χ1v) is 11.4. The third kappa shape index (κ3) is 7.85. The van der Waals surface area contributed by atoms with Gasteiger partial charge in [-0.1, -0.05) is 0 Å². The summed E-state index contributed by atoms with van der Waals surface area (Å²) in [5.74, 6) is -0.336. The van der Waals surface area contributed by atoms with Crippen molar-refractivity contribution in [1.29, 1.82) is 0 Å². The lowest BCUT2D eigenvalue weighted by molar-refractivity contribution is -0.136. The summed E-state index contributed by atoms with van der Waals surface area (Å²) >= 11 is 0. The number of esters is 1. The SMILES string of the molecule is CCOc1ccc(NC(=O)C(=O)NN=Cc2ccc(OCc3ccc(C(=O)OC)o3)c(OCC)c2)cc1. The number of nitrogens with one attached hydrogen (secondary N) is 2. The van der Waals surface area contributed by atoms with Gasteiger partial charge in [-0.3, -0.25) is 9.59 Å². The predicted molar refractivity (Wildman–Crippen MR) is 134 cm³/mol. The van der Waals surface area contributed by atoms with Gasteiger partial charge in [-0.15, -0.1) is 0 Å². The fourth-order valence-electron chi connectivity index (χ4n) is 3.01. The molecule has 3 rings (SSSR count). The number of rotatable bonds is 11. The molecule has 0 aliphatic rings. The summed E-state index contributed by atoms with van der Waals surface area (Å²) in [5.41, 5.74) is 3.22. The van der Waals surface area contributed by atoms with E-state index in [1.54, 1.807) is 48.5 Å². The van der Waals surface area contributed by atoms with E-state index in [4.69, 9.17) is 18.6 Å². The Bertz CT molecular complexity index is 1250. The van der Waals surface area contributed by atoms with Gasteiger partial charge in [-0.25, -0.2) is 10.2 Å². The molecule has 2 N–H and O–H groups in total. The van der Waals surface area contributed by atoms with Gasteiger partial charge in [0.1, 0.15) is 18.1 Å². The van der Waals surface area contributed by atoms with Crippen molar-refractivity contribution >= 4 is 29.7 Å². The number of carbonyl (C=O) groups is 3. The monoisotopic (exact) mass is 509 g/mol. The van der Waals surface area contributed by atoms with Crippen LogP contribution in [0.15, 0.2) is 64.1 Å². The number of hydrogen-bond donors (Lipinski definition) is 2. The lowest BCUT2D eigenvalue weighted by atomic mass is 10.2. The van der Waals surface area contributed by atoms with Gasteiger partial charge in [0.05, 0.1) is 26.5 Å². The van der Waals surface area contributed by atoms with Crippen LogP contribution in [0.4, 0.5) is 5.69 Å². The molecule has 0 bridgehead atoms. The molecular weight excluding hydrogens is 482 g/mol. The van der Waals surface area contributed by atoms with E-state index in [0.29, 0.717) is 47.5 Å². The second-order valence-electron chi connectivity index (χ2n) is 7.30. The maximum absolute atomic E-state index is 12.1. The van der Waals surface area contributed by atoms with Gasteiger partial charge < -0.3 is 28.7 Å². The zero-order chi connectivity index (χ0) is 26.6. The number of ether oxygens (including phenoxy) is 4. The minimum Gasteiger partial charge on any atom is -0.494 e. The molecule has 0 unspecified atom stereocenters. The highest BCUT2D eigenvalue weighted by Crippen LogP contribution is 2.29. The number of carbonyl (C=O) groups excluding carboxylic acids is 3. The molecule has 0 radical (unpaired) electrons. The molecule has 0 fully saturated rings. The molecular formula is C26H27N3O8. The molecule has 1 heterocycles. The molecule has 0 aliphatic heterocycles. The van der Waals surface area contributed by atoms with Crippen molar-refractivity contribution in [2.24, 2.45) is 5.10 Å². The average Bonchev–Trinajstić information content (AvgIpc) is 3.38. The molecule has 0 spiro atoms. The smallest absolute Gasteiger partial charge is 0.373 e. The number of nitrogens with zero attached hydrogens (tertiary/aromatic N) is 1. The maximum Gasteiger partial charge on any atom is 0.373 e. The number of hydrogen-bond acceptors (Lipinski definition) is 9. The van der Waals surface area contributed by atoms with Crippen LogP contribution in [0.3, 0.4) is 0 Å². The van der Waals surface area contributed by atoms with E-state index in [2.05, 4.69) is 20.6 Å². The summed E-state index contributed by atoms with van der Waals surface area (Å²) in [6.07, 6.45) is 1.36. The molecule has 11 heteroatoms. The van der Waals surface area contributed by atoms with E-state index in [9.17, 15) is 14.4 Å². The third-order valence-corrected chi connectivity index (χ3v) is 4.69. The second-order valence-corrected chi connectivity index (χ2v) is 7.30. The second kappa shape index (κ2) is 13.3. The number of furan rings is 1. The Kier molecular flexibility index (Phi) is 9.66. The van der Waals surface area contributed by atoms with E-state index < -0.39 is 17.8 Å². The Morgan fingerprint density at radius 1 is 0.892 bits per heavy atom. The number of anilines is 1. The lowest BCUT2D eigenvalue weighted by Gasteiger charge is -2.11. The molecule has 0 atom stereocenters. The summed E-state index contributed by atoms with van der Waals surface area (Å²) in [6.45, 7) is 4.66. The Morgan fingerprint density at radius 2 is 1.65 bits per heavy atom. The van der Waals surface area contributed by atoms with E-state index in [1.165, 1.54) is 19.4 Å². The summed E-state index contributed by atoms with van der Waals surface area (Å²) in [4.78, 5) is 35.7. The van der Waals surface area contributed by atoms with Crippen LogP contribution in [0.25, 0.3) is 0 Å². The first-order valence-electron chi connectivity index (χ1n) is 11.4. The van der Waals surface area contributed by atoms with Crippen molar-refractivity contribution in [2.45, 2.75) is 20.5 Å². The highest BCUT2D eigenvalue weighted by atomic mass is 16.5. The van der Waals surface area contributed by atoms with E-state index in [-0.39, 0.29) is 12.4 Å². The molecule has 2 amide bonds. The Labute approximate surface area is 213 Å². The molecule has 0 saturated carbocycles. The van der Waals surface area contributed by atoms with E-state index in [0.717, 1.165) is 0 Å². The van der Waals surface area contributed by atoms with Crippen LogP contribution < -0.4 is 25.0 Å². The molecule has 194 valence electrons. The molecule has 1 aromatic heterocycles. The van der Waals surface area contributed by atoms with Gasteiger partial charge in [0, 0.05) is 5.69 Å². The maximum atomic E-state index is 12.1. The van der Waals surface area contributed by atoms with Crippen molar-refractivity contribution in [3.63, 3.8) is 0 Å². The van der Waals surface area contributed by atoms with Crippen LogP contribution in [0.2, 0.25) is 0 Å². The van der Waals surface area contributed by atoms with Crippen molar-refractivity contribution in [2.75, 3.05) is 25.6 Å². The fraction of sp³-hybridized carbons (Fsp3) is 0.231. The van der Waals surface area contributed by atoms with Gasteiger partial charge in [-0.2, -0.15) is 5.10 Å². The first-order chi connectivity index (χ1) is 17.9. The van der Waals surface area contributed by atoms with Crippen LogP contribution in [0, 0.1) is 0 Å². The van der Waals surface area contributed by atoms with Crippen LogP contribution >= 0.6 is 0 Å². The molecule has 0 saturated heterocycles. The Balaban J connectivity index is 1.56. The highest BCUT2D eigenvalue weighted by molar-refractivity contribution is 6.39. The van der Waals surface area contributed by atoms with Gasteiger partial charge in [0.25, 0.3) is 0 Å². The van der Waals surface area contributed by atoms with E-state index in [1.807, 2.05) is 13.8 Å². The van der Waals surface area contributed by atoms with Gasteiger partial charge in [-0.05, 0) is 74.0 Å². The summed E-state index contributed by atoms with van der Waals surface area (Å²) in [7, 11) is 1.27. The van der Waals surface area contributed by atoms with Crippen molar-refractivity contribution < 1.29 is 37.7 Å². The molecule has 3 aromatic rings. The minimum absolute atomic E-state index is 0.0596. The molecule has 2 aromatic carbocycles. The number of amides is 2. The minimum atomic E-state index is -0.931. The van der Waals surface area contributed by atoms with Crippen LogP contribution in [-0.4, -0.2) is 44.3 Å². The van der Waals surface area contributed by atoms with Crippen LogP contribution in [0.1, 0.15) is 35.7 Å². The molecule has 0 aliphatic carbocycles. The fourth-order valence-corrected chi connectivity index (χ4v) is 3.01. The number of methoxy groups -OCH3 is 1. The topological polar surface area (TPSA) is 138 Å². The lowest BCUT2D eigenvalue weighted by Crippen LogP contribution is -2.32. The normalized spacial score (nSPS) is 10.6. The van der Waals surface area contributed by atoms with Gasteiger partial charge in [0.15, 0.2) is 11.5 Å². The van der Waals surface area contributed by atoms with Crippen LogP contribution in [0.5, 0.6) is 17.2 Å². The summed E-state index contributed by atoms with van der Waals surface area (Å²) in [6, 6.07) is 14.8. The Hall–Kier alpha value is -4.80. The zero-order valence-corrected chi connectivity index (χ0v) is 20.6. The van der Waals surface area contributed by atoms with E-state index >= 15 is 0 Å². The number of benzene rings is 2. The quantitative estimate of drug-likeness (QED) is 0.173. The Morgan fingerprint density at radius 3 is 2.35 bits per heavy atom. The van der Waals surface area contributed by atoms with Crippen molar-refractivity contribution in [3.8, 4) is 17.2 Å². The number of hydrazone groups is 1. The van der Waals surface area contributed by atoms with Gasteiger partial charge >= 0.3 is 17.8 Å². The highest BCUT2D eigenvalue weighted by Gasteiger charge is 2.14. The predicted octanol–water partition coefficient (Wildman–Crippen LogP) is 3.53. The van der Waals surface area contributed by atoms with Gasteiger partial charge in [0.2, 0.25) is 5.76 Å². The summed E-state index contributed by atoms with van der Waals surface area (Å²) < 4.78 is 26.7. The molecule has 11 nitrogen and oxygen atoms in total. The van der Waals surface area contributed by atoms with Crippen molar-refractivity contribution in [3.05, 3.63) is 71.7 Å². The largest absolute Gasteiger partial charge is 0.494 e. The zero-order valence-electron chi connectivity index (χ0n) is 20.6. The third-order valence-electron chi connectivity index (χ3n) is 4.69. The molecule has 37 heavy (non-hydrogen) atoms. The first kappa shape index (κ1) is 26.8. The average molecular weight is 510 g/mol. The van der Waals surface area contributed by atoms with Crippen molar-refractivity contribution in [1.82, 2.24) is 5.43 Å².